The highest BCUT2D eigenvalue weighted by atomic mass is 32.3. The Labute approximate surface area is 276 Å². The molecule has 0 amide bonds. The second kappa shape index (κ2) is 16.8. The lowest BCUT2D eigenvalue weighted by Crippen LogP contribution is -2.68. The molecule has 288 valence electrons. The van der Waals surface area contributed by atoms with Crippen molar-refractivity contribution in [1.82, 2.24) is 0 Å². The average Bonchev–Trinajstić information content (AvgIpc) is 3.05. The third-order valence-corrected chi connectivity index (χ3v) is 8.88. The van der Waals surface area contributed by atoms with E-state index in [4.69, 9.17) is 37.7 Å². The highest BCUT2D eigenvalue weighted by Crippen LogP contribution is 2.34. The molecule has 4 heterocycles. The molecule has 0 aromatic rings. The van der Waals surface area contributed by atoms with Crippen LogP contribution in [-0.2, 0) is 47.7 Å². The molecule has 4 aliphatic rings. The lowest BCUT2D eigenvalue weighted by molar-refractivity contribution is -0.389. The van der Waals surface area contributed by atoms with Crippen LogP contribution < -0.4 is 0 Å². The van der Waals surface area contributed by atoms with Gasteiger partial charge in [-0.15, -0.1) is 0 Å². The van der Waals surface area contributed by atoms with E-state index < -0.39 is 160 Å². The van der Waals surface area contributed by atoms with Gasteiger partial charge in [-0.25, -0.2) is 4.18 Å². The van der Waals surface area contributed by atoms with Crippen molar-refractivity contribution < 1.29 is 117 Å². The number of rotatable bonds is 12. The second-order valence-electron chi connectivity index (χ2n) is 11.6. The van der Waals surface area contributed by atoms with Gasteiger partial charge in [-0.3, -0.25) is 4.55 Å². The van der Waals surface area contributed by atoms with Crippen molar-refractivity contribution in [1.29, 1.82) is 0 Å². The molecule has 20 atom stereocenters. The minimum Gasteiger partial charge on any atom is -0.394 e. The zero-order chi connectivity index (χ0) is 36.5. The van der Waals surface area contributed by atoms with Gasteiger partial charge in [0.25, 0.3) is 0 Å². The molecule has 0 aromatic carbocycles. The maximum absolute atomic E-state index is 11.3. The van der Waals surface area contributed by atoms with Crippen molar-refractivity contribution in [3.05, 3.63) is 0 Å². The predicted octanol–water partition coefficient (Wildman–Crippen LogP) is -9.92. The molecule has 1 unspecified atom stereocenters. The van der Waals surface area contributed by atoms with Crippen molar-refractivity contribution in [2.24, 2.45) is 0 Å². The molecule has 4 rings (SSSR count). The summed E-state index contributed by atoms with van der Waals surface area (Å²) in [6, 6.07) is 0. The molecule has 24 nitrogen and oxygen atoms in total. The van der Waals surface area contributed by atoms with Crippen LogP contribution in [0.2, 0.25) is 0 Å². The van der Waals surface area contributed by atoms with Gasteiger partial charge in [0.2, 0.25) is 0 Å². The van der Waals surface area contributed by atoms with E-state index in [-0.39, 0.29) is 0 Å². The first kappa shape index (κ1) is 40.8. The fourth-order valence-corrected chi connectivity index (χ4v) is 6.28. The van der Waals surface area contributed by atoms with E-state index in [1.54, 1.807) is 0 Å². The summed E-state index contributed by atoms with van der Waals surface area (Å²) in [6.45, 7) is -3.81. The largest absolute Gasteiger partial charge is 0.397 e. The molecule has 0 bridgehead atoms. The molecular weight excluding hydrogens is 704 g/mol. The lowest BCUT2D eigenvalue weighted by atomic mass is 9.95. The third-order valence-electron chi connectivity index (χ3n) is 8.41. The van der Waals surface area contributed by atoms with E-state index in [0.717, 1.165) is 0 Å². The van der Waals surface area contributed by atoms with E-state index in [9.17, 15) is 74.8 Å². The van der Waals surface area contributed by atoms with Crippen LogP contribution >= 0.6 is 0 Å². The van der Waals surface area contributed by atoms with Gasteiger partial charge >= 0.3 is 10.4 Å². The van der Waals surface area contributed by atoms with Crippen LogP contribution in [0, 0.1) is 0 Å². The van der Waals surface area contributed by atoms with Crippen LogP contribution in [0.5, 0.6) is 0 Å². The summed E-state index contributed by atoms with van der Waals surface area (Å²) in [4.78, 5) is 0. The summed E-state index contributed by atoms with van der Waals surface area (Å²) in [5.41, 5.74) is 0. The Morgan fingerprint density at radius 3 is 1.14 bits per heavy atom. The molecule has 49 heavy (non-hydrogen) atoms. The third kappa shape index (κ3) is 8.83. The molecule has 25 heteroatoms. The van der Waals surface area contributed by atoms with Crippen molar-refractivity contribution in [3.63, 3.8) is 0 Å². The van der Waals surface area contributed by atoms with Crippen LogP contribution in [0.3, 0.4) is 0 Å². The monoisotopic (exact) mass is 746 g/mol. The zero-order valence-electron chi connectivity index (χ0n) is 25.1. The van der Waals surface area contributed by atoms with Gasteiger partial charge in [-0.05, 0) is 0 Å². The van der Waals surface area contributed by atoms with Crippen molar-refractivity contribution in [2.75, 3.05) is 26.4 Å². The van der Waals surface area contributed by atoms with Gasteiger partial charge in [0, 0.05) is 0 Å². The minimum absolute atomic E-state index is 0.866. The molecule has 0 aromatic heterocycles. The Morgan fingerprint density at radius 1 is 0.429 bits per heavy atom. The number of ether oxygens (including phenoxy) is 7. The maximum Gasteiger partial charge on any atom is 0.397 e. The molecule has 0 spiro atoms. The summed E-state index contributed by atoms with van der Waals surface area (Å²) in [5, 5.41) is 134. The summed E-state index contributed by atoms with van der Waals surface area (Å²) in [6.07, 6.45) is -38.7. The van der Waals surface area contributed by atoms with Crippen LogP contribution in [-0.4, -0.2) is 229 Å². The standard InChI is InChI=1S/C24H42O24S/c25-1-5-9(29)18(14(34)22(42-5)45-17-8(4-28)41-21(37)13(33)12(17)32)46-23-15(35)19(10(30)6(2-26)43-23)47-24-16(36)20(48-49(38,39)40)11(31)7(3-27)44-24/h5-37H,1-4H2,(H,38,39,40)/t5-,6-,7-,8-,9+,10+,11+,12-,13-,14-,15-,16-,17-,18+,19+,20+,21?,22+,23+,24+/m1/s1. The van der Waals surface area contributed by atoms with Crippen LogP contribution in [0.1, 0.15) is 0 Å². The molecule has 4 aliphatic heterocycles. The van der Waals surface area contributed by atoms with Crippen molar-refractivity contribution >= 4 is 10.4 Å². The molecule has 0 aliphatic carbocycles. The van der Waals surface area contributed by atoms with Crippen LogP contribution in [0.15, 0.2) is 0 Å². The molecule has 0 radical (unpaired) electrons. The molecular formula is C24H42O24S. The summed E-state index contributed by atoms with van der Waals surface area (Å²) < 4.78 is 73.6. The van der Waals surface area contributed by atoms with E-state index in [1.807, 2.05) is 0 Å². The fourth-order valence-electron chi connectivity index (χ4n) is 5.77. The minimum atomic E-state index is -5.31. The van der Waals surface area contributed by atoms with E-state index in [0.29, 0.717) is 0 Å². The summed E-state index contributed by atoms with van der Waals surface area (Å²) in [5.74, 6) is 0. The Bertz CT molecular complexity index is 1150. The van der Waals surface area contributed by atoms with Gasteiger partial charge in [0.15, 0.2) is 25.2 Å². The highest BCUT2D eigenvalue weighted by Gasteiger charge is 2.56. The Balaban J connectivity index is 1.55. The van der Waals surface area contributed by atoms with Gasteiger partial charge in [-0.1, -0.05) is 0 Å². The topological polar surface area (TPSA) is 391 Å². The van der Waals surface area contributed by atoms with Crippen molar-refractivity contribution in [3.8, 4) is 0 Å². The number of aliphatic hydroxyl groups is 13. The summed E-state index contributed by atoms with van der Waals surface area (Å²) >= 11 is 0. The molecule has 4 saturated heterocycles. The average molecular weight is 747 g/mol. The first-order chi connectivity index (χ1) is 23.0. The van der Waals surface area contributed by atoms with E-state index >= 15 is 0 Å². The Kier molecular flexibility index (Phi) is 14.0. The molecule has 0 saturated carbocycles. The maximum atomic E-state index is 11.3. The first-order valence-electron chi connectivity index (χ1n) is 14.8. The lowest BCUT2D eigenvalue weighted by Gasteiger charge is -2.49. The number of hydrogen-bond acceptors (Lipinski definition) is 23. The SMILES string of the molecule is O=S(=O)(O)O[C@H]1[C@@H](O)[C@@H](CO)O[C@@H](O[C@H]2[C@@H](O)[C@@H](CO)O[C@@H](O[C@H]3[C@@H](O)[C@@H](CO)O[C@@H](O[C@H]4[C@H](O)[C@@H](O)C(O)O[C@@H]4CO)[C@@H]3O)[C@@H]2O)[C@@H]1O. The Morgan fingerprint density at radius 2 is 0.776 bits per heavy atom. The van der Waals surface area contributed by atoms with E-state index in [2.05, 4.69) is 4.18 Å². The first-order valence-corrected chi connectivity index (χ1v) is 16.1. The number of hydrogen-bond donors (Lipinski definition) is 14. The highest BCUT2D eigenvalue weighted by molar-refractivity contribution is 7.80. The molecule has 14 N–H and O–H groups in total. The van der Waals surface area contributed by atoms with Crippen LogP contribution in [0.25, 0.3) is 0 Å². The zero-order valence-corrected chi connectivity index (χ0v) is 25.9. The van der Waals surface area contributed by atoms with Crippen LogP contribution in [0.4, 0.5) is 0 Å². The molecule has 4 fully saturated rings. The van der Waals surface area contributed by atoms with Gasteiger partial charge in [0.1, 0.15) is 97.7 Å². The fraction of sp³-hybridized carbons (Fsp3) is 1.00. The van der Waals surface area contributed by atoms with E-state index in [1.165, 1.54) is 0 Å². The van der Waals surface area contributed by atoms with Crippen molar-refractivity contribution in [2.45, 2.75) is 123 Å². The normalized spacial score (nSPS) is 49.9. The van der Waals surface area contributed by atoms with Gasteiger partial charge in [0.05, 0.1) is 26.4 Å². The predicted molar refractivity (Wildman–Crippen MR) is 144 cm³/mol. The smallest absolute Gasteiger partial charge is 0.394 e. The summed E-state index contributed by atoms with van der Waals surface area (Å²) in [7, 11) is -5.31. The van der Waals surface area contributed by atoms with Gasteiger partial charge in [-0.2, -0.15) is 8.42 Å². The number of aliphatic hydroxyl groups excluding tert-OH is 13. The van der Waals surface area contributed by atoms with Gasteiger partial charge < -0.3 is 99.5 Å². The second-order valence-corrected chi connectivity index (χ2v) is 12.7. The quantitative estimate of drug-likeness (QED) is 0.0824. The Hall–Kier alpha value is -0.930.